The Balaban J connectivity index is 1.93. The molecule has 1 aromatic carbocycles. The van der Waals surface area contributed by atoms with Crippen molar-refractivity contribution >= 4 is 33.8 Å². The number of thioether (sulfide) groups is 1. The van der Waals surface area contributed by atoms with E-state index in [9.17, 15) is 0 Å². The molecule has 6 heteroatoms. The third-order valence-corrected chi connectivity index (χ3v) is 5.88. The Labute approximate surface area is 166 Å². The Morgan fingerprint density at radius 2 is 1.93 bits per heavy atom. The summed E-state index contributed by atoms with van der Waals surface area (Å²) in [5, 5.41) is 10.9. The van der Waals surface area contributed by atoms with Gasteiger partial charge in [0.25, 0.3) is 0 Å². The van der Waals surface area contributed by atoms with E-state index < -0.39 is 0 Å². The van der Waals surface area contributed by atoms with Crippen molar-refractivity contribution in [1.82, 2.24) is 24.6 Å². The van der Waals surface area contributed by atoms with Gasteiger partial charge in [-0.05, 0) is 44.5 Å². The molecule has 0 N–H and O–H groups in total. The van der Waals surface area contributed by atoms with Gasteiger partial charge in [0.15, 0.2) is 5.65 Å². The third-order valence-electron chi connectivity index (χ3n) is 5.07. The van der Waals surface area contributed by atoms with Crippen LogP contribution in [0.2, 0.25) is 0 Å². The van der Waals surface area contributed by atoms with Crippen molar-refractivity contribution in [2.45, 2.75) is 52.7 Å². The largest absolute Gasteiger partial charge is 0.324 e. The van der Waals surface area contributed by atoms with Crippen molar-refractivity contribution in [3.05, 3.63) is 23.8 Å². The van der Waals surface area contributed by atoms with Crippen molar-refractivity contribution in [1.29, 1.82) is 0 Å². The molecular weight excluding hydrogens is 354 g/mol. The van der Waals surface area contributed by atoms with E-state index in [4.69, 9.17) is 4.98 Å². The molecule has 0 aliphatic heterocycles. The Kier molecular flexibility index (Phi) is 6.71. The second-order valence-corrected chi connectivity index (χ2v) is 8.56. The molecule has 27 heavy (non-hydrogen) atoms. The number of rotatable bonds is 9. The Bertz CT molecular complexity index is 898. The first-order valence-corrected chi connectivity index (χ1v) is 11.0. The van der Waals surface area contributed by atoms with Gasteiger partial charge in [0.2, 0.25) is 5.16 Å². The van der Waals surface area contributed by atoms with Gasteiger partial charge in [0, 0.05) is 24.2 Å². The standard InChI is InChI=1S/C21H31N5S/c1-6-25(7-2)12-13-27-21-22-20-19(23-24-21)17-14-16(5)8-9-18(17)26(20)11-10-15(3)4/h8-9,14-15H,6-7,10-13H2,1-5H3. The van der Waals surface area contributed by atoms with Crippen LogP contribution >= 0.6 is 11.8 Å². The van der Waals surface area contributed by atoms with E-state index >= 15 is 0 Å². The van der Waals surface area contributed by atoms with Crippen molar-refractivity contribution in [3.63, 3.8) is 0 Å². The first-order valence-electron chi connectivity index (χ1n) is 10.0. The van der Waals surface area contributed by atoms with Crippen LogP contribution in [-0.2, 0) is 6.54 Å². The van der Waals surface area contributed by atoms with Gasteiger partial charge in [-0.15, -0.1) is 10.2 Å². The minimum absolute atomic E-state index is 0.653. The summed E-state index contributed by atoms with van der Waals surface area (Å²) >= 11 is 1.70. The van der Waals surface area contributed by atoms with Crippen LogP contribution in [0.25, 0.3) is 22.1 Å². The minimum Gasteiger partial charge on any atom is -0.324 e. The minimum atomic E-state index is 0.653. The molecule has 0 spiro atoms. The van der Waals surface area contributed by atoms with Crippen LogP contribution in [-0.4, -0.2) is 50.0 Å². The zero-order valence-electron chi connectivity index (χ0n) is 17.2. The molecule has 0 aliphatic carbocycles. The Hall–Kier alpha value is -1.66. The maximum Gasteiger partial charge on any atom is 0.211 e. The molecule has 0 atom stereocenters. The molecule has 0 aliphatic rings. The fourth-order valence-corrected chi connectivity index (χ4v) is 4.12. The summed E-state index contributed by atoms with van der Waals surface area (Å²) in [6.07, 6.45) is 1.13. The maximum absolute atomic E-state index is 4.90. The lowest BCUT2D eigenvalue weighted by Gasteiger charge is -2.16. The van der Waals surface area contributed by atoms with Crippen LogP contribution in [0.4, 0.5) is 0 Å². The molecule has 0 fully saturated rings. The molecule has 0 saturated heterocycles. The molecular formula is C21H31N5S. The smallest absolute Gasteiger partial charge is 0.211 e. The molecule has 146 valence electrons. The summed E-state index contributed by atoms with van der Waals surface area (Å²) in [5.74, 6) is 1.64. The van der Waals surface area contributed by atoms with E-state index in [0.717, 1.165) is 60.1 Å². The molecule has 2 heterocycles. The highest BCUT2D eigenvalue weighted by Gasteiger charge is 2.15. The van der Waals surface area contributed by atoms with Gasteiger partial charge in [0.05, 0.1) is 5.52 Å². The van der Waals surface area contributed by atoms with Crippen LogP contribution in [0.5, 0.6) is 0 Å². The second kappa shape index (κ2) is 9.02. The van der Waals surface area contributed by atoms with Gasteiger partial charge >= 0.3 is 0 Å². The Morgan fingerprint density at radius 1 is 1.15 bits per heavy atom. The number of hydrogen-bond acceptors (Lipinski definition) is 5. The van der Waals surface area contributed by atoms with Crippen molar-refractivity contribution in [2.75, 3.05) is 25.4 Å². The molecule has 3 aromatic rings. The Morgan fingerprint density at radius 3 is 2.63 bits per heavy atom. The lowest BCUT2D eigenvalue weighted by Crippen LogP contribution is -2.25. The number of aryl methyl sites for hydroxylation is 2. The van der Waals surface area contributed by atoms with Crippen LogP contribution in [0.3, 0.4) is 0 Å². The summed E-state index contributed by atoms with van der Waals surface area (Å²) in [5.41, 5.74) is 4.34. The summed E-state index contributed by atoms with van der Waals surface area (Å²) in [6.45, 7) is 15.2. The van der Waals surface area contributed by atoms with Crippen LogP contribution < -0.4 is 0 Å². The molecule has 3 rings (SSSR count). The van der Waals surface area contributed by atoms with E-state index in [2.05, 4.69) is 72.5 Å². The van der Waals surface area contributed by atoms with Crippen molar-refractivity contribution in [2.24, 2.45) is 5.92 Å². The lowest BCUT2D eigenvalue weighted by molar-refractivity contribution is 0.324. The summed E-state index contributed by atoms with van der Waals surface area (Å²) in [4.78, 5) is 7.32. The van der Waals surface area contributed by atoms with Crippen LogP contribution in [0.15, 0.2) is 23.4 Å². The summed E-state index contributed by atoms with van der Waals surface area (Å²) in [6, 6.07) is 6.56. The number of hydrogen-bond donors (Lipinski definition) is 0. The second-order valence-electron chi connectivity index (χ2n) is 7.50. The van der Waals surface area contributed by atoms with Gasteiger partial charge in [-0.3, -0.25) is 0 Å². The predicted molar refractivity (Wildman–Crippen MR) is 116 cm³/mol. The number of aromatic nitrogens is 4. The molecule has 0 bridgehead atoms. The third kappa shape index (κ3) is 4.61. The van der Waals surface area contributed by atoms with Crippen LogP contribution in [0.1, 0.15) is 39.7 Å². The van der Waals surface area contributed by atoms with E-state index in [0.29, 0.717) is 5.92 Å². The molecule has 0 amide bonds. The number of benzene rings is 1. The topological polar surface area (TPSA) is 46.8 Å². The van der Waals surface area contributed by atoms with Gasteiger partial charge in [-0.1, -0.05) is 51.1 Å². The van der Waals surface area contributed by atoms with Gasteiger partial charge in [-0.25, -0.2) is 4.98 Å². The predicted octanol–water partition coefficient (Wildman–Crippen LogP) is 4.77. The lowest BCUT2D eigenvalue weighted by atomic mass is 10.1. The van der Waals surface area contributed by atoms with Crippen molar-refractivity contribution < 1.29 is 0 Å². The highest BCUT2D eigenvalue weighted by molar-refractivity contribution is 7.99. The van der Waals surface area contributed by atoms with E-state index in [-0.39, 0.29) is 0 Å². The number of nitrogens with zero attached hydrogens (tertiary/aromatic N) is 5. The SMILES string of the molecule is CCN(CC)CCSc1nnc2c3cc(C)ccc3n(CCC(C)C)c2n1. The number of fused-ring (bicyclic) bond motifs is 3. The normalized spacial score (nSPS) is 12.1. The molecule has 5 nitrogen and oxygen atoms in total. The fourth-order valence-electron chi connectivity index (χ4n) is 3.34. The van der Waals surface area contributed by atoms with Crippen molar-refractivity contribution in [3.8, 4) is 0 Å². The van der Waals surface area contributed by atoms with Gasteiger partial charge < -0.3 is 9.47 Å². The van der Waals surface area contributed by atoms with Gasteiger partial charge in [-0.2, -0.15) is 0 Å². The first kappa shape index (κ1) is 20.1. The summed E-state index contributed by atoms with van der Waals surface area (Å²) in [7, 11) is 0. The highest BCUT2D eigenvalue weighted by Crippen LogP contribution is 2.28. The zero-order chi connectivity index (χ0) is 19.4. The van der Waals surface area contributed by atoms with Gasteiger partial charge in [0.1, 0.15) is 5.52 Å². The maximum atomic E-state index is 4.90. The summed E-state index contributed by atoms with van der Waals surface area (Å²) < 4.78 is 2.33. The average Bonchev–Trinajstić information content (AvgIpc) is 2.95. The van der Waals surface area contributed by atoms with Crippen LogP contribution in [0, 0.1) is 12.8 Å². The zero-order valence-corrected chi connectivity index (χ0v) is 18.0. The quantitative estimate of drug-likeness (QED) is 0.497. The average molecular weight is 386 g/mol. The molecule has 0 radical (unpaired) electrons. The molecule has 2 aromatic heterocycles. The highest BCUT2D eigenvalue weighted by atomic mass is 32.2. The molecule has 0 saturated carbocycles. The first-order chi connectivity index (χ1) is 13.0. The fraction of sp³-hybridized carbons (Fsp3) is 0.571. The van der Waals surface area contributed by atoms with E-state index in [1.54, 1.807) is 11.8 Å². The van der Waals surface area contributed by atoms with E-state index in [1.165, 1.54) is 11.1 Å². The molecule has 0 unspecified atom stereocenters. The van der Waals surface area contributed by atoms with E-state index in [1.807, 2.05) is 0 Å². The monoisotopic (exact) mass is 385 g/mol.